The summed E-state index contributed by atoms with van der Waals surface area (Å²) in [5.74, 6) is 1.69. The smallest absolute Gasteiger partial charge is 0.150 e. The summed E-state index contributed by atoms with van der Waals surface area (Å²) in [6.45, 7) is 6.36. The molecule has 18 heavy (non-hydrogen) atoms. The summed E-state index contributed by atoms with van der Waals surface area (Å²) in [4.78, 5) is 2.17. The molecule has 1 aromatic heterocycles. The minimum Gasteiger partial charge on any atom is -0.358 e. The van der Waals surface area contributed by atoms with Crippen molar-refractivity contribution in [2.24, 2.45) is 5.92 Å². The number of nitrogens with zero attached hydrogens (tertiary/aromatic N) is 3. The van der Waals surface area contributed by atoms with Crippen LogP contribution in [-0.2, 0) is 6.54 Å². The first kappa shape index (κ1) is 13.3. The minimum atomic E-state index is 0.722. The molecule has 0 radical (unpaired) electrons. The third-order valence-corrected chi connectivity index (χ3v) is 3.29. The number of hydrogen-bond donors (Lipinski definition) is 1. The molecule has 0 spiro atoms. The molecule has 2 rings (SSSR count). The largest absolute Gasteiger partial charge is 0.358 e. The molecule has 0 amide bonds. The van der Waals surface area contributed by atoms with Crippen LogP contribution in [0.3, 0.4) is 0 Å². The Kier molecular flexibility index (Phi) is 4.53. The van der Waals surface area contributed by atoms with Gasteiger partial charge in [-0.05, 0) is 37.3 Å². The van der Waals surface area contributed by atoms with E-state index in [1.165, 1.54) is 19.3 Å². The lowest BCUT2D eigenvalue weighted by molar-refractivity contribution is 0.582. The Labute approximate surface area is 110 Å². The maximum Gasteiger partial charge on any atom is 0.150 e. The van der Waals surface area contributed by atoms with Crippen LogP contribution in [0.5, 0.6) is 0 Å². The van der Waals surface area contributed by atoms with E-state index in [9.17, 15) is 0 Å². The van der Waals surface area contributed by atoms with Crippen molar-refractivity contribution in [3.8, 4) is 0 Å². The number of nitrogens with one attached hydrogen (secondary N) is 1. The van der Waals surface area contributed by atoms with Crippen molar-refractivity contribution in [3.63, 3.8) is 0 Å². The van der Waals surface area contributed by atoms with E-state index in [0.717, 1.165) is 36.6 Å². The van der Waals surface area contributed by atoms with E-state index >= 15 is 0 Å². The van der Waals surface area contributed by atoms with Crippen molar-refractivity contribution in [2.75, 3.05) is 18.5 Å². The number of anilines is 1. The summed E-state index contributed by atoms with van der Waals surface area (Å²) in [7, 11) is 2.08. The Balaban J connectivity index is 1.81. The van der Waals surface area contributed by atoms with Gasteiger partial charge in [0, 0.05) is 26.2 Å². The Hall–Kier alpha value is -1.16. The van der Waals surface area contributed by atoms with Crippen LogP contribution in [0.25, 0.3) is 0 Å². The number of rotatable bonds is 7. The molecule has 1 aliphatic rings. The van der Waals surface area contributed by atoms with Crippen molar-refractivity contribution in [1.29, 1.82) is 0 Å². The standard InChI is InChI=1S/C14H24N4/c1-11(2)8-9-18(3)14-7-6-13(16-17-14)10-15-12-4-5-12/h6-7,11-12,15H,4-5,8-10H2,1-3H3. The van der Waals surface area contributed by atoms with E-state index in [0.29, 0.717) is 0 Å². The summed E-state index contributed by atoms with van der Waals surface area (Å²) < 4.78 is 0. The average molecular weight is 248 g/mol. The van der Waals surface area contributed by atoms with Gasteiger partial charge in [0.05, 0.1) is 5.69 Å². The first-order valence-electron chi connectivity index (χ1n) is 6.92. The van der Waals surface area contributed by atoms with Crippen LogP contribution in [0, 0.1) is 5.92 Å². The summed E-state index contributed by atoms with van der Waals surface area (Å²) in [5, 5.41) is 12.0. The number of hydrogen-bond acceptors (Lipinski definition) is 4. The van der Waals surface area contributed by atoms with Crippen molar-refractivity contribution in [3.05, 3.63) is 17.8 Å². The lowest BCUT2D eigenvalue weighted by Crippen LogP contribution is -2.22. The second-order valence-corrected chi connectivity index (χ2v) is 5.64. The van der Waals surface area contributed by atoms with E-state index in [-0.39, 0.29) is 0 Å². The molecule has 0 bridgehead atoms. The van der Waals surface area contributed by atoms with Gasteiger partial charge in [0.15, 0.2) is 5.82 Å². The zero-order valence-corrected chi connectivity index (χ0v) is 11.7. The van der Waals surface area contributed by atoms with Gasteiger partial charge in [0.2, 0.25) is 0 Å². The highest BCUT2D eigenvalue weighted by molar-refractivity contribution is 5.35. The van der Waals surface area contributed by atoms with Gasteiger partial charge in [-0.2, -0.15) is 5.10 Å². The Morgan fingerprint density at radius 2 is 2.11 bits per heavy atom. The second kappa shape index (κ2) is 6.14. The van der Waals surface area contributed by atoms with Crippen LogP contribution in [0.1, 0.15) is 38.8 Å². The highest BCUT2D eigenvalue weighted by atomic mass is 15.2. The third kappa shape index (κ3) is 4.26. The normalized spacial score (nSPS) is 15.1. The fourth-order valence-corrected chi connectivity index (χ4v) is 1.75. The molecule has 1 saturated carbocycles. The molecule has 4 heteroatoms. The lowest BCUT2D eigenvalue weighted by atomic mass is 10.1. The molecule has 1 aliphatic carbocycles. The molecule has 0 aliphatic heterocycles. The van der Waals surface area contributed by atoms with Crippen molar-refractivity contribution < 1.29 is 0 Å². The first-order chi connectivity index (χ1) is 8.65. The molecular weight excluding hydrogens is 224 g/mol. The van der Waals surface area contributed by atoms with Crippen LogP contribution in [-0.4, -0.2) is 29.8 Å². The first-order valence-corrected chi connectivity index (χ1v) is 6.92. The number of aromatic nitrogens is 2. The summed E-state index contributed by atoms with van der Waals surface area (Å²) >= 11 is 0. The summed E-state index contributed by atoms with van der Waals surface area (Å²) in [6.07, 6.45) is 3.80. The lowest BCUT2D eigenvalue weighted by Gasteiger charge is -2.18. The monoisotopic (exact) mass is 248 g/mol. The molecule has 4 nitrogen and oxygen atoms in total. The molecule has 0 atom stereocenters. The molecule has 1 heterocycles. The van der Waals surface area contributed by atoms with E-state index in [2.05, 4.69) is 53.4 Å². The average Bonchev–Trinajstić information content (AvgIpc) is 3.18. The maximum atomic E-state index is 4.29. The van der Waals surface area contributed by atoms with E-state index in [4.69, 9.17) is 0 Å². The molecule has 0 aromatic carbocycles. The van der Waals surface area contributed by atoms with Crippen molar-refractivity contribution in [2.45, 2.75) is 45.7 Å². The van der Waals surface area contributed by atoms with Gasteiger partial charge in [-0.3, -0.25) is 0 Å². The Morgan fingerprint density at radius 3 is 2.67 bits per heavy atom. The van der Waals surface area contributed by atoms with Gasteiger partial charge in [0.1, 0.15) is 0 Å². The van der Waals surface area contributed by atoms with Gasteiger partial charge < -0.3 is 10.2 Å². The van der Waals surface area contributed by atoms with E-state index < -0.39 is 0 Å². The molecule has 1 N–H and O–H groups in total. The summed E-state index contributed by atoms with van der Waals surface area (Å²) in [6, 6.07) is 4.86. The van der Waals surface area contributed by atoms with E-state index in [1.54, 1.807) is 0 Å². The van der Waals surface area contributed by atoms with Crippen LogP contribution in [0.2, 0.25) is 0 Å². The van der Waals surface area contributed by atoms with Crippen LogP contribution < -0.4 is 10.2 Å². The molecule has 100 valence electrons. The molecule has 0 saturated heterocycles. The third-order valence-electron chi connectivity index (χ3n) is 3.29. The fourth-order valence-electron chi connectivity index (χ4n) is 1.75. The molecule has 0 unspecified atom stereocenters. The SMILES string of the molecule is CC(C)CCN(C)c1ccc(CNC2CC2)nn1. The van der Waals surface area contributed by atoms with Gasteiger partial charge in [-0.25, -0.2) is 0 Å². The van der Waals surface area contributed by atoms with Crippen LogP contribution in [0.4, 0.5) is 5.82 Å². The van der Waals surface area contributed by atoms with E-state index in [1.807, 2.05) is 0 Å². The zero-order chi connectivity index (χ0) is 13.0. The highest BCUT2D eigenvalue weighted by Crippen LogP contribution is 2.19. The van der Waals surface area contributed by atoms with Gasteiger partial charge in [0.25, 0.3) is 0 Å². The van der Waals surface area contributed by atoms with Crippen LogP contribution in [0.15, 0.2) is 12.1 Å². The summed E-state index contributed by atoms with van der Waals surface area (Å²) in [5.41, 5.74) is 1.03. The predicted molar refractivity (Wildman–Crippen MR) is 74.6 cm³/mol. The Morgan fingerprint density at radius 1 is 1.33 bits per heavy atom. The maximum absolute atomic E-state index is 4.29. The topological polar surface area (TPSA) is 41.0 Å². The molecule has 1 fully saturated rings. The molecular formula is C14H24N4. The highest BCUT2D eigenvalue weighted by Gasteiger charge is 2.20. The zero-order valence-electron chi connectivity index (χ0n) is 11.7. The quantitative estimate of drug-likeness (QED) is 0.803. The van der Waals surface area contributed by atoms with Gasteiger partial charge in [-0.15, -0.1) is 5.10 Å². The van der Waals surface area contributed by atoms with Gasteiger partial charge in [-0.1, -0.05) is 13.8 Å². The van der Waals surface area contributed by atoms with Crippen molar-refractivity contribution in [1.82, 2.24) is 15.5 Å². The van der Waals surface area contributed by atoms with Crippen LogP contribution >= 0.6 is 0 Å². The fraction of sp³-hybridized carbons (Fsp3) is 0.714. The van der Waals surface area contributed by atoms with Crippen molar-refractivity contribution >= 4 is 5.82 Å². The predicted octanol–water partition coefficient (Wildman–Crippen LogP) is 2.21. The van der Waals surface area contributed by atoms with Gasteiger partial charge >= 0.3 is 0 Å². The molecule has 1 aromatic rings. The Bertz CT molecular complexity index is 357. The minimum absolute atomic E-state index is 0.722. The second-order valence-electron chi connectivity index (χ2n) is 5.64.